The number of anilines is 1. The zero-order valence-electron chi connectivity index (χ0n) is 14.3. The Kier molecular flexibility index (Phi) is 3.96. The van der Waals surface area contributed by atoms with Gasteiger partial charge >= 0.3 is 0 Å². The zero-order valence-corrected chi connectivity index (χ0v) is 14.3. The van der Waals surface area contributed by atoms with Crippen molar-refractivity contribution in [2.75, 3.05) is 5.73 Å². The SMILES string of the molecule is Cc1cn[nH]c1CC(=O)Cc1ccc(-c2cccn3nnc(N)c23)cc1. The molecule has 0 saturated heterocycles. The molecule has 0 spiro atoms. The van der Waals surface area contributed by atoms with Crippen LogP contribution in [0.3, 0.4) is 0 Å². The van der Waals surface area contributed by atoms with Gasteiger partial charge in [0.25, 0.3) is 0 Å². The molecule has 0 aliphatic carbocycles. The van der Waals surface area contributed by atoms with Crippen molar-refractivity contribution in [3.63, 3.8) is 0 Å². The van der Waals surface area contributed by atoms with Crippen molar-refractivity contribution in [1.82, 2.24) is 25.0 Å². The minimum absolute atomic E-state index is 0.149. The molecule has 0 fully saturated rings. The lowest BCUT2D eigenvalue weighted by atomic mass is 10.00. The fourth-order valence-electron chi connectivity index (χ4n) is 3.05. The molecule has 26 heavy (non-hydrogen) atoms. The van der Waals surface area contributed by atoms with Gasteiger partial charge in [-0.1, -0.05) is 35.5 Å². The second kappa shape index (κ2) is 6.44. The number of carbonyl (C=O) groups is 1. The molecule has 7 nitrogen and oxygen atoms in total. The first kappa shape index (κ1) is 16.0. The summed E-state index contributed by atoms with van der Waals surface area (Å²) in [4.78, 5) is 12.3. The maximum absolute atomic E-state index is 12.3. The van der Waals surface area contributed by atoms with Crippen LogP contribution in [0.25, 0.3) is 16.6 Å². The molecule has 0 unspecified atom stereocenters. The Hall–Kier alpha value is -3.48. The van der Waals surface area contributed by atoms with Crippen molar-refractivity contribution in [2.45, 2.75) is 19.8 Å². The van der Waals surface area contributed by atoms with E-state index in [1.165, 1.54) is 0 Å². The number of fused-ring (bicyclic) bond motifs is 1. The molecule has 0 saturated carbocycles. The summed E-state index contributed by atoms with van der Waals surface area (Å²) < 4.78 is 1.66. The quantitative estimate of drug-likeness (QED) is 0.577. The van der Waals surface area contributed by atoms with E-state index >= 15 is 0 Å². The monoisotopic (exact) mass is 346 g/mol. The highest BCUT2D eigenvalue weighted by atomic mass is 16.1. The smallest absolute Gasteiger partial charge is 0.174 e. The van der Waals surface area contributed by atoms with Crippen LogP contribution in [-0.4, -0.2) is 30.8 Å². The Labute approximate surface area is 149 Å². The molecule has 0 radical (unpaired) electrons. The molecule has 4 aromatic rings. The van der Waals surface area contributed by atoms with Gasteiger partial charge in [0.05, 0.1) is 6.20 Å². The van der Waals surface area contributed by atoms with E-state index in [4.69, 9.17) is 5.73 Å². The Morgan fingerprint density at radius 2 is 2.00 bits per heavy atom. The number of pyridine rings is 1. The number of rotatable bonds is 5. The molecule has 3 aromatic heterocycles. The van der Waals surface area contributed by atoms with Crippen LogP contribution >= 0.6 is 0 Å². The van der Waals surface area contributed by atoms with Gasteiger partial charge in [0.15, 0.2) is 5.82 Å². The summed E-state index contributed by atoms with van der Waals surface area (Å²) in [5, 5.41) is 14.7. The van der Waals surface area contributed by atoms with Crippen LogP contribution in [0.15, 0.2) is 48.8 Å². The lowest BCUT2D eigenvalue weighted by Crippen LogP contribution is -2.07. The first-order valence-electron chi connectivity index (χ1n) is 8.31. The van der Waals surface area contributed by atoms with Gasteiger partial charge in [-0.05, 0) is 29.7 Å². The molecular weight excluding hydrogens is 328 g/mol. The van der Waals surface area contributed by atoms with E-state index in [1.54, 1.807) is 10.7 Å². The van der Waals surface area contributed by atoms with Crippen molar-refractivity contribution < 1.29 is 4.79 Å². The second-order valence-corrected chi connectivity index (χ2v) is 6.31. The first-order chi connectivity index (χ1) is 12.6. The maximum atomic E-state index is 12.3. The Bertz CT molecular complexity index is 1080. The highest BCUT2D eigenvalue weighted by molar-refractivity contribution is 5.87. The first-order valence-corrected chi connectivity index (χ1v) is 8.31. The number of benzene rings is 1. The highest BCUT2D eigenvalue weighted by Gasteiger charge is 2.11. The number of aryl methyl sites for hydroxylation is 1. The molecule has 0 amide bonds. The van der Waals surface area contributed by atoms with Gasteiger partial charge in [-0.15, -0.1) is 5.10 Å². The van der Waals surface area contributed by atoms with Gasteiger partial charge in [0.1, 0.15) is 11.3 Å². The number of nitrogens with one attached hydrogen (secondary N) is 1. The highest BCUT2D eigenvalue weighted by Crippen LogP contribution is 2.27. The van der Waals surface area contributed by atoms with E-state index in [1.807, 2.05) is 49.5 Å². The lowest BCUT2D eigenvalue weighted by Gasteiger charge is -2.06. The van der Waals surface area contributed by atoms with Gasteiger partial charge in [0.2, 0.25) is 0 Å². The number of nitrogens with two attached hydrogens (primary N) is 1. The second-order valence-electron chi connectivity index (χ2n) is 6.31. The average molecular weight is 346 g/mol. The van der Waals surface area contributed by atoms with Crippen molar-refractivity contribution in [3.05, 3.63) is 65.6 Å². The Morgan fingerprint density at radius 1 is 1.19 bits per heavy atom. The topological polar surface area (TPSA) is 102 Å². The standard InChI is InChI=1S/C19H18N6O/c1-12-11-21-22-17(12)10-15(26)9-13-4-6-14(7-5-13)16-3-2-8-25-18(16)19(20)23-24-25/h2-8,11H,9-10,20H2,1H3,(H,21,22). The molecule has 1 aromatic carbocycles. The predicted octanol–water partition coefficient (Wildman–Crippen LogP) is 2.36. The molecule has 0 aliphatic rings. The van der Waals surface area contributed by atoms with Crippen LogP contribution in [0.1, 0.15) is 16.8 Å². The third-order valence-electron chi connectivity index (χ3n) is 4.44. The van der Waals surface area contributed by atoms with Gasteiger partial charge in [-0.2, -0.15) is 5.10 Å². The van der Waals surface area contributed by atoms with Crippen molar-refractivity contribution in [3.8, 4) is 11.1 Å². The summed E-state index contributed by atoms with van der Waals surface area (Å²) >= 11 is 0. The van der Waals surface area contributed by atoms with Crippen molar-refractivity contribution >= 4 is 17.1 Å². The van der Waals surface area contributed by atoms with Gasteiger partial charge < -0.3 is 5.73 Å². The molecule has 3 heterocycles. The van der Waals surface area contributed by atoms with E-state index < -0.39 is 0 Å². The van der Waals surface area contributed by atoms with Crippen LogP contribution in [0.2, 0.25) is 0 Å². The molecule has 0 atom stereocenters. The fourth-order valence-corrected chi connectivity index (χ4v) is 3.05. The lowest BCUT2D eigenvalue weighted by molar-refractivity contribution is -0.117. The van der Waals surface area contributed by atoms with E-state index in [-0.39, 0.29) is 5.78 Å². The summed E-state index contributed by atoms with van der Waals surface area (Å²) in [5.41, 5.74) is 11.5. The van der Waals surface area contributed by atoms with Crippen LogP contribution in [0.5, 0.6) is 0 Å². The number of Topliss-reactive ketones (excluding diaryl/α,β-unsaturated/α-hetero) is 1. The number of hydrogen-bond acceptors (Lipinski definition) is 5. The number of nitrogen functional groups attached to an aromatic ring is 1. The van der Waals surface area contributed by atoms with E-state index in [2.05, 4.69) is 20.5 Å². The van der Waals surface area contributed by atoms with Crippen molar-refractivity contribution in [2.24, 2.45) is 0 Å². The summed E-state index contributed by atoms with van der Waals surface area (Å²) in [6.07, 6.45) is 4.30. The van der Waals surface area contributed by atoms with Crippen LogP contribution in [0, 0.1) is 6.92 Å². The minimum atomic E-state index is 0.149. The maximum Gasteiger partial charge on any atom is 0.174 e. The fraction of sp³-hybridized carbons (Fsp3) is 0.158. The summed E-state index contributed by atoms with van der Waals surface area (Å²) in [7, 11) is 0. The summed E-state index contributed by atoms with van der Waals surface area (Å²) in [5.74, 6) is 0.547. The number of carbonyl (C=O) groups excluding carboxylic acids is 1. The largest absolute Gasteiger partial charge is 0.380 e. The number of H-pyrrole nitrogens is 1. The third kappa shape index (κ3) is 2.95. The van der Waals surface area contributed by atoms with Crippen LogP contribution in [0.4, 0.5) is 5.82 Å². The Morgan fingerprint density at radius 3 is 2.73 bits per heavy atom. The molecule has 3 N–H and O–H groups in total. The van der Waals surface area contributed by atoms with Crippen LogP contribution < -0.4 is 5.73 Å². The molecule has 0 bridgehead atoms. The number of aromatic nitrogens is 5. The number of nitrogens with zero attached hydrogens (tertiary/aromatic N) is 4. The predicted molar refractivity (Wildman–Crippen MR) is 98.6 cm³/mol. The number of ketones is 1. The summed E-state index contributed by atoms with van der Waals surface area (Å²) in [6.45, 7) is 1.94. The van der Waals surface area contributed by atoms with Crippen LogP contribution in [-0.2, 0) is 17.6 Å². The normalized spacial score (nSPS) is 11.1. The van der Waals surface area contributed by atoms with E-state index in [0.717, 1.165) is 33.5 Å². The average Bonchev–Trinajstić information content (AvgIpc) is 3.22. The molecule has 4 rings (SSSR count). The van der Waals surface area contributed by atoms with Gasteiger partial charge in [-0.3, -0.25) is 9.89 Å². The zero-order chi connectivity index (χ0) is 18.1. The Balaban J connectivity index is 1.54. The molecule has 0 aliphatic heterocycles. The van der Waals surface area contributed by atoms with E-state index in [0.29, 0.717) is 18.7 Å². The number of hydrogen-bond donors (Lipinski definition) is 2. The summed E-state index contributed by atoms with van der Waals surface area (Å²) in [6, 6.07) is 11.8. The van der Waals surface area contributed by atoms with Crippen molar-refractivity contribution in [1.29, 1.82) is 0 Å². The minimum Gasteiger partial charge on any atom is -0.380 e. The van der Waals surface area contributed by atoms with Gasteiger partial charge in [0, 0.05) is 30.3 Å². The number of aromatic amines is 1. The molecular formula is C19H18N6O. The molecule has 130 valence electrons. The van der Waals surface area contributed by atoms with E-state index in [9.17, 15) is 4.79 Å². The van der Waals surface area contributed by atoms with Gasteiger partial charge in [-0.25, -0.2) is 4.52 Å². The molecule has 7 heteroatoms. The third-order valence-corrected chi connectivity index (χ3v) is 4.44.